The number of nitrogens with one attached hydrogen (secondary N) is 1. The van der Waals surface area contributed by atoms with E-state index in [-0.39, 0.29) is 6.03 Å². The molecule has 0 unspecified atom stereocenters. The summed E-state index contributed by atoms with van der Waals surface area (Å²) in [6, 6.07) is 17.2. The normalized spacial score (nSPS) is 17.5. The fourth-order valence-corrected chi connectivity index (χ4v) is 4.88. The maximum atomic E-state index is 12.7. The number of aryl methyl sites for hydroxylation is 1. The zero-order valence-corrected chi connectivity index (χ0v) is 18.8. The Kier molecular flexibility index (Phi) is 5.93. The first-order valence-corrected chi connectivity index (χ1v) is 11.8. The highest BCUT2D eigenvalue weighted by atomic mass is 16.2. The average Bonchev–Trinajstić information content (AvgIpc) is 2.85. The Morgan fingerprint density at radius 1 is 0.875 bits per heavy atom. The third kappa shape index (κ3) is 4.27. The number of rotatable bonds is 3. The van der Waals surface area contributed by atoms with Gasteiger partial charge in [-0.1, -0.05) is 73.4 Å². The smallest absolute Gasteiger partial charge is 0.317 e. The van der Waals surface area contributed by atoms with Crippen molar-refractivity contribution in [3.05, 3.63) is 54.1 Å². The largest absolute Gasteiger partial charge is 0.351 e. The van der Waals surface area contributed by atoms with Crippen molar-refractivity contribution in [3.8, 4) is 11.3 Å². The number of aromatic nitrogens is 2. The molecule has 2 amide bonds. The quantitative estimate of drug-likeness (QED) is 0.652. The highest BCUT2D eigenvalue weighted by Gasteiger charge is 2.26. The molecule has 1 aliphatic carbocycles. The standard InChI is InChI=1S/C26H31N5O/c1-19-11-13-20(14-12-19)24-22-9-5-6-10-23(22)25(29-28-24)30-15-17-31(18-16-30)26(32)27-21-7-3-2-4-8-21/h5-6,9-14,21H,2-4,7-8,15-18H2,1H3,(H,27,32). The predicted octanol–water partition coefficient (Wildman–Crippen LogP) is 4.77. The fourth-order valence-electron chi connectivity index (χ4n) is 4.88. The Morgan fingerprint density at radius 2 is 1.56 bits per heavy atom. The van der Waals surface area contributed by atoms with E-state index in [1.807, 2.05) is 4.90 Å². The second kappa shape index (κ2) is 9.15. The van der Waals surface area contributed by atoms with Gasteiger partial charge in [-0.2, -0.15) is 0 Å². The van der Waals surface area contributed by atoms with E-state index in [4.69, 9.17) is 0 Å². The minimum atomic E-state index is 0.0854. The molecule has 5 rings (SSSR count). The molecule has 1 saturated heterocycles. The summed E-state index contributed by atoms with van der Waals surface area (Å²) in [5.74, 6) is 0.906. The van der Waals surface area contributed by atoms with Crippen molar-refractivity contribution < 1.29 is 4.79 Å². The molecule has 3 aromatic rings. The van der Waals surface area contributed by atoms with Crippen molar-refractivity contribution in [1.82, 2.24) is 20.4 Å². The van der Waals surface area contributed by atoms with Crippen molar-refractivity contribution in [2.24, 2.45) is 0 Å². The molecular formula is C26H31N5O. The van der Waals surface area contributed by atoms with Gasteiger partial charge in [-0.3, -0.25) is 0 Å². The zero-order valence-electron chi connectivity index (χ0n) is 18.8. The van der Waals surface area contributed by atoms with E-state index >= 15 is 0 Å². The van der Waals surface area contributed by atoms with Gasteiger partial charge in [0.05, 0.1) is 0 Å². The van der Waals surface area contributed by atoms with Crippen LogP contribution in [0.15, 0.2) is 48.5 Å². The molecule has 1 saturated carbocycles. The number of anilines is 1. The molecule has 2 aliphatic rings. The number of urea groups is 1. The van der Waals surface area contributed by atoms with E-state index in [9.17, 15) is 4.79 Å². The van der Waals surface area contributed by atoms with Crippen LogP contribution in [0.4, 0.5) is 10.6 Å². The van der Waals surface area contributed by atoms with Crippen LogP contribution in [0.2, 0.25) is 0 Å². The second-order valence-corrected chi connectivity index (χ2v) is 9.04. The Hall–Kier alpha value is -3.15. The monoisotopic (exact) mass is 429 g/mol. The van der Waals surface area contributed by atoms with Crippen LogP contribution in [0.3, 0.4) is 0 Å². The topological polar surface area (TPSA) is 61.4 Å². The number of fused-ring (bicyclic) bond motifs is 1. The third-order valence-electron chi connectivity index (χ3n) is 6.79. The van der Waals surface area contributed by atoms with Crippen LogP contribution in [0, 0.1) is 6.92 Å². The van der Waals surface area contributed by atoms with Gasteiger partial charge in [-0.25, -0.2) is 4.79 Å². The molecule has 6 heteroatoms. The molecule has 1 aromatic heterocycles. The number of hydrogen-bond acceptors (Lipinski definition) is 4. The van der Waals surface area contributed by atoms with Crippen molar-refractivity contribution in [3.63, 3.8) is 0 Å². The molecule has 0 spiro atoms. The molecular weight excluding hydrogens is 398 g/mol. The molecule has 6 nitrogen and oxygen atoms in total. The van der Waals surface area contributed by atoms with Gasteiger partial charge < -0.3 is 15.1 Å². The Bertz CT molecular complexity index is 1080. The molecule has 0 bridgehead atoms. The summed E-state index contributed by atoms with van der Waals surface area (Å²) in [5.41, 5.74) is 3.22. The van der Waals surface area contributed by atoms with E-state index in [2.05, 4.69) is 75.9 Å². The minimum absolute atomic E-state index is 0.0854. The lowest BCUT2D eigenvalue weighted by Gasteiger charge is -2.36. The van der Waals surface area contributed by atoms with E-state index in [1.54, 1.807) is 0 Å². The summed E-state index contributed by atoms with van der Waals surface area (Å²) in [7, 11) is 0. The number of benzene rings is 2. The van der Waals surface area contributed by atoms with E-state index in [0.717, 1.165) is 53.8 Å². The van der Waals surface area contributed by atoms with Gasteiger partial charge in [0.15, 0.2) is 5.82 Å². The number of amides is 2. The summed E-state index contributed by atoms with van der Waals surface area (Å²) in [4.78, 5) is 16.9. The molecule has 166 valence electrons. The van der Waals surface area contributed by atoms with Crippen molar-refractivity contribution in [1.29, 1.82) is 0 Å². The molecule has 1 aliphatic heterocycles. The first kappa shape index (κ1) is 20.7. The van der Waals surface area contributed by atoms with E-state index < -0.39 is 0 Å². The first-order valence-electron chi connectivity index (χ1n) is 11.8. The number of carbonyl (C=O) groups excluding carboxylic acids is 1. The van der Waals surface area contributed by atoms with Gasteiger partial charge >= 0.3 is 6.03 Å². The molecule has 2 heterocycles. The van der Waals surface area contributed by atoms with Crippen LogP contribution >= 0.6 is 0 Å². The summed E-state index contributed by atoms with van der Waals surface area (Å²) in [5, 5.41) is 14.7. The van der Waals surface area contributed by atoms with Crippen LogP contribution in [0.25, 0.3) is 22.0 Å². The minimum Gasteiger partial charge on any atom is -0.351 e. The third-order valence-corrected chi connectivity index (χ3v) is 6.79. The van der Waals surface area contributed by atoms with E-state index in [0.29, 0.717) is 19.1 Å². The number of nitrogens with zero attached hydrogens (tertiary/aromatic N) is 4. The number of piperazine rings is 1. The van der Waals surface area contributed by atoms with E-state index in [1.165, 1.54) is 24.8 Å². The highest BCUT2D eigenvalue weighted by molar-refractivity contribution is 6.00. The number of carbonyl (C=O) groups is 1. The van der Waals surface area contributed by atoms with Crippen LogP contribution < -0.4 is 10.2 Å². The van der Waals surface area contributed by atoms with Crippen molar-refractivity contribution in [2.45, 2.75) is 45.1 Å². The lowest BCUT2D eigenvalue weighted by atomic mass is 9.96. The zero-order chi connectivity index (χ0) is 21.9. The summed E-state index contributed by atoms with van der Waals surface area (Å²) in [6.45, 7) is 5.02. The molecule has 1 N–H and O–H groups in total. The van der Waals surface area contributed by atoms with Gasteiger partial charge in [-0.15, -0.1) is 10.2 Å². The Morgan fingerprint density at radius 3 is 2.28 bits per heavy atom. The second-order valence-electron chi connectivity index (χ2n) is 9.04. The maximum Gasteiger partial charge on any atom is 0.317 e. The van der Waals surface area contributed by atoms with Crippen LogP contribution in [0.1, 0.15) is 37.7 Å². The Balaban J connectivity index is 1.32. The Labute approximate surface area is 189 Å². The van der Waals surface area contributed by atoms with Gasteiger partial charge in [0.1, 0.15) is 5.69 Å². The van der Waals surface area contributed by atoms with Gasteiger partial charge in [-0.05, 0) is 19.8 Å². The summed E-state index contributed by atoms with van der Waals surface area (Å²) < 4.78 is 0. The summed E-state index contributed by atoms with van der Waals surface area (Å²) >= 11 is 0. The molecule has 0 radical (unpaired) electrons. The molecule has 2 aromatic carbocycles. The summed E-state index contributed by atoms with van der Waals surface area (Å²) in [6.07, 6.45) is 5.97. The van der Waals surface area contributed by atoms with Crippen LogP contribution in [-0.2, 0) is 0 Å². The average molecular weight is 430 g/mol. The highest BCUT2D eigenvalue weighted by Crippen LogP contribution is 2.32. The molecule has 32 heavy (non-hydrogen) atoms. The molecule has 2 fully saturated rings. The maximum absolute atomic E-state index is 12.7. The predicted molar refractivity (Wildman–Crippen MR) is 129 cm³/mol. The molecule has 0 atom stereocenters. The SMILES string of the molecule is Cc1ccc(-c2nnc(N3CCN(C(=O)NC4CCCCC4)CC3)c3ccccc23)cc1. The number of hydrogen-bond donors (Lipinski definition) is 1. The van der Waals surface area contributed by atoms with Crippen molar-refractivity contribution in [2.75, 3.05) is 31.1 Å². The van der Waals surface area contributed by atoms with Gasteiger partial charge in [0.2, 0.25) is 0 Å². The van der Waals surface area contributed by atoms with Gasteiger partial charge in [0.25, 0.3) is 0 Å². The fraction of sp³-hybridized carbons (Fsp3) is 0.423. The van der Waals surface area contributed by atoms with Crippen LogP contribution in [0.5, 0.6) is 0 Å². The van der Waals surface area contributed by atoms with Crippen LogP contribution in [-0.4, -0.2) is 53.3 Å². The first-order chi connectivity index (χ1) is 15.7. The van der Waals surface area contributed by atoms with Gasteiger partial charge in [0, 0.05) is 48.6 Å². The van der Waals surface area contributed by atoms with Crippen molar-refractivity contribution >= 4 is 22.6 Å². The lowest BCUT2D eigenvalue weighted by molar-refractivity contribution is 0.186. The lowest BCUT2D eigenvalue weighted by Crippen LogP contribution is -2.54.